The van der Waals surface area contributed by atoms with Gasteiger partial charge in [0.05, 0.1) is 16.7 Å². The van der Waals surface area contributed by atoms with Crippen molar-refractivity contribution < 1.29 is 9.53 Å². The molecule has 2 heterocycles. The summed E-state index contributed by atoms with van der Waals surface area (Å²) in [5, 5.41) is 0.596. The van der Waals surface area contributed by atoms with Crippen molar-refractivity contribution in [2.75, 3.05) is 19.7 Å². The molecule has 0 aromatic carbocycles. The van der Waals surface area contributed by atoms with E-state index in [2.05, 4.69) is 4.98 Å². The van der Waals surface area contributed by atoms with E-state index in [0.717, 1.165) is 19.4 Å². The maximum absolute atomic E-state index is 12.4. The Morgan fingerprint density at radius 2 is 2.37 bits per heavy atom. The monoisotopic (exact) mass is 302 g/mol. The first kappa shape index (κ1) is 14.6. The number of hydrogen-bond donors (Lipinski definition) is 0. The van der Waals surface area contributed by atoms with Gasteiger partial charge in [0.15, 0.2) is 0 Å². The fraction of sp³-hybridized carbons (Fsp3) is 0.538. The summed E-state index contributed by atoms with van der Waals surface area (Å²) in [6.07, 6.45) is 3.44. The molecule has 1 saturated heterocycles. The number of carbonyl (C=O) groups is 1. The van der Waals surface area contributed by atoms with Gasteiger partial charge < -0.3 is 9.64 Å². The highest BCUT2D eigenvalue weighted by atomic mass is 35.5. The lowest BCUT2D eigenvalue weighted by Gasteiger charge is -2.32. The van der Waals surface area contributed by atoms with Crippen LogP contribution in [0.4, 0.5) is 0 Å². The predicted molar refractivity (Wildman–Crippen MR) is 74.8 cm³/mol. The van der Waals surface area contributed by atoms with Gasteiger partial charge in [-0.15, -0.1) is 0 Å². The van der Waals surface area contributed by atoms with Gasteiger partial charge in [-0.2, -0.15) is 0 Å². The average molecular weight is 303 g/mol. The molecular formula is C13H16Cl2N2O2. The number of rotatable bonds is 3. The molecule has 4 nitrogen and oxygen atoms in total. The van der Waals surface area contributed by atoms with Crippen LogP contribution in [0.5, 0.6) is 0 Å². The van der Waals surface area contributed by atoms with E-state index < -0.39 is 0 Å². The number of nitrogens with zero attached hydrogens (tertiary/aromatic N) is 2. The number of hydrogen-bond acceptors (Lipinski definition) is 3. The maximum Gasteiger partial charge on any atom is 0.255 e. The summed E-state index contributed by atoms with van der Waals surface area (Å²) in [6, 6.07) is 1.51. The molecule has 1 atom stereocenters. The minimum absolute atomic E-state index is 0.110. The smallest absolute Gasteiger partial charge is 0.255 e. The van der Waals surface area contributed by atoms with Gasteiger partial charge in [0.2, 0.25) is 0 Å². The van der Waals surface area contributed by atoms with Gasteiger partial charge in [-0.3, -0.25) is 4.79 Å². The minimum atomic E-state index is -0.112. The van der Waals surface area contributed by atoms with Crippen molar-refractivity contribution in [3.05, 3.63) is 28.0 Å². The van der Waals surface area contributed by atoms with Crippen molar-refractivity contribution in [3.63, 3.8) is 0 Å². The predicted octanol–water partition coefficient (Wildman–Crippen LogP) is 3.03. The summed E-state index contributed by atoms with van der Waals surface area (Å²) in [5.41, 5.74) is 0.402. The Balaban J connectivity index is 2.12. The van der Waals surface area contributed by atoms with Crippen molar-refractivity contribution in [2.45, 2.75) is 25.9 Å². The van der Waals surface area contributed by atoms with Crippen LogP contribution in [-0.2, 0) is 4.74 Å². The molecule has 0 spiro atoms. The Bertz CT molecular complexity index is 466. The van der Waals surface area contributed by atoms with Crippen LogP contribution in [0.1, 0.15) is 30.1 Å². The number of pyridine rings is 1. The third kappa shape index (κ3) is 3.59. The summed E-state index contributed by atoms with van der Waals surface area (Å²) < 4.78 is 5.59. The Kier molecular flexibility index (Phi) is 5.02. The van der Waals surface area contributed by atoms with Gasteiger partial charge in [-0.1, -0.05) is 23.2 Å². The number of carbonyl (C=O) groups excluding carboxylic acids is 1. The van der Waals surface area contributed by atoms with E-state index in [9.17, 15) is 4.79 Å². The lowest BCUT2D eigenvalue weighted by Crippen LogP contribution is -2.43. The number of amides is 1. The molecule has 1 aromatic rings. The van der Waals surface area contributed by atoms with E-state index in [1.54, 1.807) is 4.90 Å². The van der Waals surface area contributed by atoms with Crippen molar-refractivity contribution in [1.82, 2.24) is 9.88 Å². The Morgan fingerprint density at radius 3 is 3.11 bits per heavy atom. The Morgan fingerprint density at radius 1 is 1.58 bits per heavy atom. The Hall–Kier alpha value is -0.840. The molecule has 1 aliphatic rings. The molecule has 1 aliphatic heterocycles. The molecule has 0 radical (unpaired) electrons. The van der Waals surface area contributed by atoms with Crippen molar-refractivity contribution >= 4 is 29.1 Å². The second-order valence-corrected chi connectivity index (χ2v) is 5.25. The maximum atomic E-state index is 12.4. The average Bonchev–Trinajstić information content (AvgIpc) is 2.41. The number of piperidine rings is 1. The molecule has 0 saturated carbocycles. The molecular weight excluding hydrogens is 287 g/mol. The number of likely N-dealkylation sites (tertiary alicyclic amines) is 1. The highest BCUT2D eigenvalue weighted by molar-refractivity contribution is 6.35. The normalized spacial score (nSPS) is 19.5. The van der Waals surface area contributed by atoms with E-state index in [0.29, 0.717) is 23.7 Å². The zero-order valence-corrected chi connectivity index (χ0v) is 12.2. The summed E-state index contributed by atoms with van der Waals surface area (Å²) >= 11 is 11.8. The Labute approximate surface area is 122 Å². The second kappa shape index (κ2) is 6.55. The third-order valence-electron chi connectivity index (χ3n) is 3.12. The fourth-order valence-electron chi connectivity index (χ4n) is 2.24. The van der Waals surface area contributed by atoms with Crippen LogP contribution >= 0.6 is 23.2 Å². The lowest BCUT2D eigenvalue weighted by atomic mass is 10.1. The second-order valence-electron chi connectivity index (χ2n) is 4.46. The molecule has 1 fully saturated rings. The summed E-state index contributed by atoms with van der Waals surface area (Å²) in [7, 11) is 0. The quantitative estimate of drug-likeness (QED) is 0.806. The molecule has 1 unspecified atom stereocenters. The van der Waals surface area contributed by atoms with E-state index in [1.807, 2.05) is 6.92 Å². The highest BCUT2D eigenvalue weighted by Gasteiger charge is 2.26. The van der Waals surface area contributed by atoms with Crippen LogP contribution in [-0.4, -0.2) is 41.6 Å². The van der Waals surface area contributed by atoms with Gasteiger partial charge in [-0.25, -0.2) is 4.98 Å². The third-order valence-corrected chi connectivity index (χ3v) is 3.63. The van der Waals surface area contributed by atoms with E-state index >= 15 is 0 Å². The first-order valence-corrected chi connectivity index (χ1v) is 7.09. The molecule has 0 bridgehead atoms. The summed E-state index contributed by atoms with van der Waals surface area (Å²) in [6.45, 7) is 3.94. The van der Waals surface area contributed by atoms with Gasteiger partial charge >= 0.3 is 0 Å². The fourth-order valence-corrected chi connectivity index (χ4v) is 2.58. The van der Waals surface area contributed by atoms with Crippen LogP contribution in [0.15, 0.2) is 12.3 Å². The van der Waals surface area contributed by atoms with Crippen molar-refractivity contribution in [2.24, 2.45) is 0 Å². The van der Waals surface area contributed by atoms with Gasteiger partial charge in [-0.05, 0) is 25.8 Å². The lowest BCUT2D eigenvalue weighted by molar-refractivity contribution is 0.00724. The highest BCUT2D eigenvalue weighted by Crippen LogP contribution is 2.22. The molecule has 1 aromatic heterocycles. The molecule has 104 valence electrons. The molecule has 2 rings (SSSR count). The van der Waals surface area contributed by atoms with Crippen LogP contribution < -0.4 is 0 Å². The zero-order chi connectivity index (χ0) is 13.8. The van der Waals surface area contributed by atoms with Crippen LogP contribution in [0, 0.1) is 0 Å². The topological polar surface area (TPSA) is 42.4 Å². The molecule has 19 heavy (non-hydrogen) atoms. The van der Waals surface area contributed by atoms with E-state index in [1.165, 1.54) is 12.3 Å². The van der Waals surface area contributed by atoms with Crippen LogP contribution in [0.2, 0.25) is 10.2 Å². The number of aromatic nitrogens is 1. The first-order valence-electron chi connectivity index (χ1n) is 6.33. The molecule has 0 aliphatic carbocycles. The molecule has 0 N–H and O–H groups in total. The van der Waals surface area contributed by atoms with Gasteiger partial charge in [0.1, 0.15) is 5.15 Å². The van der Waals surface area contributed by atoms with Gasteiger partial charge in [0.25, 0.3) is 5.91 Å². The van der Waals surface area contributed by atoms with E-state index in [-0.39, 0.29) is 17.2 Å². The van der Waals surface area contributed by atoms with Crippen LogP contribution in [0.25, 0.3) is 0 Å². The molecule has 6 heteroatoms. The molecule has 1 amide bonds. The van der Waals surface area contributed by atoms with Gasteiger partial charge in [0, 0.05) is 25.9 Å². The van der Waals surface area contributed by atoms with Crippen molar-refractivity contribution in [3.8, 4) is 0 Å². The van der Waals surface area contributed by atoms with Crippen LogP contribution in [0.3, 0.4) is 0 Å². The zero-order valence-electron chi connectivity index (χ0n) is 10.7. The first-order chi connectivity index (χ1) is 9.11. The largest absolute Gasteiger partial charge is 0.377 e. The minimum Gasteiger partial charge on any atom is -0.377 e. The number of halogens is 2. The SMILES string of the molecule is CCOC1CCCN(C(=O)c2cc(Cl)ncc2Cl)C1. The standard InChI is InChI=1S/C13H16Cl2N2O2/c1-2-19-9-4-3-5-17(8-9)13(18)10-6-12(15)16-7-11(10)14/h6-7,9H,2-5,8H2,1H3. The summed E-state index contributed by atoms with van der Waals surface area (Å²) in [5.74, 6) is -0.112. The number of ether oxygens (including phenoxy) is 1. The summed E-state index contributed by atoms with van der Waals surface area (Å²) in [4.78, 5) is 18.0. The van der Waals surface area contributed by atoms with Crippen molar-refractivity contribution in [1.29, 1.82) is 0 Å². The van der Waals surface area contributed by atoms with E-state index in [4.69, 9.17) is 27.9 Å².